The van der Waals surface area contributed by atoms with Crippen molar-refractivity contribution in [1.29, 1.82) is 0 Å². The number of ketones is 1. The Morgan fingerprint density at radius 3 is 2.93 bits per heavy atom. The van der Waals surface area contributed by atoms with Crippen molar-refractivity contribution in [3.05, 3.63) is 42.2 Å². The van der Waals surface area contributed by atoms with E-state index in [0.717, 1.165) is 5.92 Å². The van der Waals surface area contributed by atoms with Crippen LogP contribution in [0.25, 0.3) is 0 Å². The Morgan fingerprint density at radius 1 is 1.57 bits per heavy atom. The highest BCUT2D eigenvalue weighted by Crippen LogP contribution is 2.38. The van der Waals surface area contributed by atoms with Crippen molar-refractivity contribution in [3.8, 4) is 0 Å². The third kappa shape index (κ3) is 2.08. The molecule has 1 aliphatic rings. The molecule has 2 nitrogen and oxygen atoms in total. The topological polar surface area (TPSA) is 30.0 Å². The minimum atomic E-state index is 0.00435. The molecule has 1 aromatic heterocycles. The van der Waals surface area contributed by atoms with Crippen LogP contribution in [0, 0.1) is 11.8 Å². The fraction of sp³-hybridized carbons (Fsp3) is 0.333. The molecule has 1 saturated carbocycles. The molecule has 1 unspecified atom stereocenters. The van der Waals surface area contributed by atoms with Gasteiger partial charge in [0.25, 0.3) is 0 Å². The Morgan fingerprint density at radius 2 is 2.36 bits per heavy atom. The first-order valence-electron chi connectivity index (χ1n) is 4.91. The lowest BCUT2D eigenvalue weighted by molar-refractivity contribution is 0.104. The van der Waals surface area contributed by atoms with E-state index in [1.54, 1.807) is 18.3 Å². The third-order valence-corrected chi connectivity index (χ3v) is 2.58. The summed E-state index contributed by atoms with van der Waals surface area (Å²) in [6.45, 7) is 2.19. The number of allylic oxidation sites excluding steroid dienone is 2. The van der Waals surface area contributed by atoms with Crippen molar-refractivity contribution in [2.45, 2.75) is 13.3 Å². The average Bonchev–Trinajstić information content (AvgIpc) is 2.92. The number of pyridine rings is 1. The highest BCUT2D eigenvalue weighted by atomic mass is 16.1. The van der Waals surface area contributed by atoms with Crippen molar-refractivity contribution in [1.82, 2.24) is 4.98 Å². The number of rotatable bonds is 3. The van der Waals surface area contributed by atoms with E-state index in [1.807, 2.05) is 18.2 Å². The lowest BCUT2D eigenvalue weighted by Crippen LogP contribution is -1.96. The van der Waals surface area contributed by atoms with Crippen LogP contribution in [-0.2, 0) is 0 Å². The summed E-state index contributed by atoms with van der Waals surface area (Å²) < 4.78 is 0. The summed E-state index contributed by atoms with van der Waals surface area (Å²) in [6, 6.07) is 5.38. The molecule has 0 bridgehead atoms. The SMILES string of the molecule is C[C@H]1CC1/C=C/C(=O)c1ccccn1. The number of aromatic nitrogens is 1. The fourth-order valence-corrected chi connectivity index (χ4v) is 1.42. The van der Waals surface area contributed by atoms with Crippen LogP contribution in [0.2, 0.25) is 0 Å². The summed E-state index contributed by atoms with van der Waals surface area (Å²) in [4.78, 5) is 15.5. The molecule has 0 N–H and O–H groups in total. The summed E-state index contributed by atoms with van der Waals surface area (Å²) in [7, 11) is 0. The van der Waals surface area contributed by atoms with Gasteiger partial charge < -0.3 is 0 Å². The molecule has 2 rings (SSSR count). The van der Waals surface area contributed by atoms with Crippen LogP contribution < -0.4 is 0 Å². The van der Waals surface area contributed by atoms with Crippen LogP contribution in [0.15, 0.2) is 36.5 Å². The molecule has 0 spiro atoms. The summed E-state index contributed by atoms with van der Waals surface area (Å²) in [6.07, 6.45) is 6.50. The van der Waals surface area contributed by atoms with Gasteiger partial charge in [-0.1, -0.05) is 19.1 Å². The first-order valence-corrected chi connectivity index (χ1v) is 4.91. The zero-order valence-corrected chi connectivity index (χ0v) is 8.18. The molecule has 2 atom stereocenters. The Hall–Kier alpha value is -1.44. The van der Waals surface area contributed by atoms with E-state index in [0.29, 0.717) is 11.6 Å². The maximum absolute atomic E-state index is 11.5. The first kappa shape index (κ1) is 9.13. The molecule has 1 aromatic rings. The van der Waals surface area contributed by atoms with Crippen molar-refractivity contribution < 1.29 is 4.79 Å². The maximum Gasteiger partial charge on any atom is 0.203 e. The largest absolute Gasteiger partial charge is 0.288 e. The molecule has 0 radical (unpaired) electrons. The van der Waals surface area contributed by atoms with Crippen LogP contribution in [-0.4, -0.2) is 10.8 Å². The van der Waals surface area contributed by atoms with Gasteiger partial charge in [-0.25, -0.2) is 0 Å². The van der Waals surface area contributed by atoms with Gasteiger partial charge in [0.1, 0.15) is 5.69 Å². The second-order valence-corrected chi connectivity index (χ2v) is 3.82. The van der Waals surface area contributed by atoms with Crippen LogP contribution in [0.1, 0.15) is 23.8 Å². The van der Waals surface area contributed by atoms with Crippen LogP contribution in [0.3, 0.4) is 0 Å². The molecule has 2 heteroatoms. The zero-order chi connectivity index (χ0) is 9.97. The Labute approximate surface area is 83.7 Å². The average molecular weight is 187 g/mol. The van der Waals surface area contributed by atoms with Crippen molar-refractivity contribution in [2.24, 2.45) is 11.8 Å². The molecule has 0 saturated heterocycles. The Balaban J connectivity index is 1.99. The van der Waals surface area contributed by atoms with Crippen molar-refractivity contribution in [3.63, 3.8) is 0 Å². The van der Waals surface area contributed by atoms with Crippen molar-refractivity contribution >= 4 is 5.78 Å². The molecule has 1 fully saturated rings. The summed E-state index contributed by atoms with van der Waals surface area (Å²) >= 11 is 0. The normalized spacial score (nSPS) is 25.2. The van der Waals surface area contributed by atoms with Crippen LogP contribution in [0.4, 0.5) is 0 Å². The van der Waals surface area contributed by atoms with E-state index in [4.69, 9.17) is 0 Å². The minimum absolute atomic E-state index is 0.00435. The molecular formula is C12H13NO. The first-order chi connectivity index (χ1) is 6.77. The molecule has 0 aromatic carbocycles. The summed E-state index contributed by atoms with van der Waals surface area (Å²) in [5, 5.41) is 0. The van der Waals surface area contributed by atoms with Gasteiger partial charge in [0, 0.05) is 6.20 Å². The van der Waals surface area contributed by atoms with Gasteiger partial charge in [0.15, 0.2) is 0 Å². The summed E-state index contributed by atoms with van der Waals surface area (Å²) in [5.41, 5.74) is 0.525. The van der Waals surface area contributed by atoms with E-state index in [9.17, 15) is 4.79 Å². The number of carbonyl (C=O) groups excluding carboxylic acids is 1. The number of hydrogen-bond donors (Lipinski definition) is 0. The predicted octanol–water partition coefficient (Wildman–Crippen LogP) is 2.48. The quantitative estimate of drug-likeness (QED) is 0.537. The van der Waals surface area contributed by atoms with E-state index in [2.05, 4.69) is 11.9 Å². The van der Waals surface area contributed by atoms with E-state index in [-0.39, 0.29) is 5.78 Å². The second-order valence-electron chi connectivity index (χ2n) is 3.82. The third-order valence-electron chi connectivity index (χ3n) is 2.58. The molecule has 0 amide bonds. The van der Waals surface area contributed by atoms with E-state index < -0.39 is 0 Å². The monoisotopic (exact) mass is 187 g/mol. The van der Waals surface area contributed by atoms with E-state index in [1.165, 1.54) is 6.42 Å². The molecule has 1 aliphatic carbocycles. The van der Waals surface area contributed by atoms with Gasteiger partial charge in [-0.15, -0.1) is 0 Å². The fourth-order valence-electron chi connectivity index (χ4n) is 1.42. The maximum atomic E-state index is 11.5. The number of hydrogen-bond acceptors (Lipinski definition) is 2. The molecule has 72 valence electrons. The Bertz CT molecular complexity index is 356. The van der Waals surface area contributed by atoms with Gasteiger partial charge in [-0.2, -0.15) is 0 Å². The van der Waals surface area contributed by atoms with Crippen molar-refractivity contribution in [2.75, 3.05) is 0 Å². The zero-order valence-electron chi connectivity index (χ0n) is 8.18. The lowest BCUT2D eigenvalue weighted by atomic mass is 10.2. The van der Waals surface area contributed by atoms with Gasteiger partial charge >= 0.3 is 0 Å². The molecule has 1 heterocycles. The van der Waals surface area contributed by atoms with Gasteiger partial charge in [0.2, 0.25) is 5.78 Å². The van der Waals surface area contributed by atoms with Crippen LogP contribution in [0.5, 0.6) is 0 Å². The van der Waals surface area contributed by atoms with Crippen LogP contribution >= 0.6 is 0 Å². The van der Waals surface area contributed by atoms with Gasteiger partial charge in [-0.05, 0) is 36.5 Å². The minimum Gasteiger partial charge on any atom is -0.288 e. The number of nitrogens with zero attached hydrogens (tertiary/aromatic N) is 1. The van der Waals surface area contributed by atoms with Gasteiger partial charge in [0.05, 0.1) is 0 Å². The second kappa shape index (κ2) is 3.74. The Kier molecular flexibility index (Phi) is 2.44. The standard InChI is InChI=1S/C12H13NO/c1-9-8-10(9)5-6-12(14)11-4-2-3-7-13-11/h2-7,9-10H,8H2,1H3/b6-5+/t9-,10?/m0/s1. The highest BCUT2D eigenvalue weighted by molar-refractivity contribution is 6.02. The molecule has 14 heavy (non-hydrogen) atoms. The van der Waals surface area contributed by atoms with E-state index >= 15 is 0 Å². The summed E-state index contributed by atoms with van der Waals surface area (Å²) in [5.74, 6) is 1.37. The predicted molar refractivity (Wildman–Crippen MR) is 55.0 cm³/mol. The smallest absolute Gasteiger partial charge is 0.203 e. The molecule has 0 aliphatic heterocycles. The highest BCUT2D eigenvalue weighted by Gasteiger charge is 2.29. The molecular weight excluding hydrogens is 174 g/mol. The number of carbonyl (C=O) groups is 1. The lowest BCUT2D eigenvalue weighted by Gasteiger charge is -1.92. The van der Waals surface area contributed by atoms with Gasteiger partial charge in [-0.3, -0.25) is 9.78 Å².